The van der Waals surface area contributed by atoms with Gasteiger partial charge in [0.1, 0.15) is 0 Å². The molecule has 0 unspecified atom stereocenters. The Morgan fingerprint density at radius 3 is 2.64 bits per heavy atom. The number of aromatic carboxylic acids is 1. The topological polar surface area (TPSA) is 75.3 Å². The predicted octanol–water partition coefficient (Wildman–Crippen LogP) is 1.64. The van der Waals surface area contributed by atoms with E-state index < -0.39 is 5.97 Å². The van der Waals surface area contributed by atoms with Crippen LogP contribution >= 0.6 is 34.8 Å². The number of hydrogen-bond acceptors (Lipinski definition) is 2. The van der Waals surface area contributed by atoms with Crippen LogP contribution in [0.3, 0.4) is 0 Å². The minimum atomic E-state index is -0.948. The standard InChI is InChI=1S/C8H7IN2O2S/c9-6-3-4(11-8(10)14)1-2-5(6)7(12)13/h1-3H,(H,12,13)(H3,10,11,14). The molecule has 4 N–H and O–H groups in total. The van der Waals surface area contributed by atoms with Gasteiger partial charge in [0.2, 0.25) is 0 Å². The normalized spacial score (nSPS) is 9.50. The fraction of sp³-hybridized carbons (Fsp3) is 0. The SMILES string of the molecule is NC(=S)Nc1ccc(C(=O)O)c(I)c1. The van der Waals surface area contributed by atoms with Crippen molar-refractivity contribution in [2.75, 3.05) is 5.32 Å². The van der Waals surface area contributed by atoms with Crippen molar-refractivity contribution in [2.24, 2.45) is 5.73 Å². The molecule has 0 saturated heterocycles. The Morgan fingerprint density at radius 2 is 2.21 bits per heavy atom. The first kappa shape index (κ1) is 11.2. The summed E-state index contributed by atoms with van der Waals surface area (Å²) in [5, 5.41) is 11.6. The van der Waals surface area contributed by atoms with Gasteiger partial charge in [-0.1, -0.05) is 0 Å². The quantitative estimate of drug-likeness (QED) is 0.570. The van der Waals surface area contributed by atoms with Gasteiger partial charge < -0.3 is 16.2 Å². The van der Waals surface area contributed by atoms with Gasteiger partial charge in [0.25, 0.3) is 0 Å². The molecule has 0 fully saturated rings. The molecular formula is C8H7IN2O2S. The van der Waals surface area contributed by atoms with Crippen LogP contribution in [0.25, 0.3) is 0 Å². The van der Waals surface area contributed by atoms with Crippen LogP contribution in [0, 0.1) is 3.57 Å². The lowest BCUT2D eigenvalue weighted by molar-refractivity contribution is 0.0696. The van der Waals surface area contributed by atoms with Crippen molar-refractivity contribution in [3.05, 3.63) is 27.3 Å². The molecule has 0 spiro atoms. The molecule has 0 aromatic heterocycles. The van der Waals surface area contributed by atoms with E-state index in [4.69, 9.17) is 10.8 Å². The van der Waals surface area contributed by atoms with Gasteiger partial charge in [-0.15, -0.1) is 0 Å². The highest BCUT2D eigenvalue weighted by Gasteiger charge is 2.08. The zero-order valence-corrected chi connectivity index (χ0v) is 9.93. The third kappa shape index (κ3) is 2.81. The van der Waals surface area contributed by atoms with E-state index in [0.29, 0.717) is 9.26 Å². The van der Waals surface area contributed by atoms with E-state index in [1.807, 2.05) is 22.6 Å². The molecule has 74 valence electrons. The Bertz CT molecular complexity index is 395. The van der Waals surface area contributed by atoms with Gasteiger partial charge in [0.05, 0.1) is 5.56 Å². The highest BCUT2D eigenvalue weighted by molar-refractivity contribution is 14.1. The summed E-state index contributed by atoms with van der Waals surface area (Å²) in [5.74, 6) is -0.948. The molecule has 1 aromatic carbocycles. The van der Waals surface area contributed by atoms with E-state index >= 15 is 0 Å². The lowest BCUT2D eigenvalue weighted by atomic mass is 10.2. The summed E-state index contributed by atoms with van der Waals surface area (Å²) in [4.78, 5) is 10.7. The van der Waals surface area contributed by atoms with Crippen molar-refractivity contribution in [2.45, 2.75) is 0 Å². The van der Waals surface area contributed by atoms with Gasteiger partial charge in [-0.3, -0.25) is 0 Å². The molecular weight excluding hydrogens is 315 g/mol. The minimum absolute atomic E-state index is 0.156. The van der Waals surface area contributed by atoms with Crippen LogP contribution < -0.4 is 11.1 Å². The molecule has 6 heteroatoms. The Morgan fingerprint density at radius 1 is 1.57 bits per heavy atom. The molecule has 0 amide bonds. The van der Waals surface area contributed by atoms with Gasteiger partial charge in [0.15, 0.2) is 5.11 Å². The van der Waals surface area contributed by atoms with E-state index in [1.165, 1.54) is 6.07 Å². The first-order valence-corrected chi connectivity index (χ1v) is 5.08. The van der Waals surface area contributed by atoms with Crippen LogP contribution in [0.5, 0.6) is 0 Å². The summed E-state index contributed by atoms with van der Waals surface area (Å²) in [5.41, 5.74) is 6.22. The third-order valence-corrected chi connectivity index (χ3v) is 2.46. The summed E-state index contributed by atoms with van der Waals surface area (Å²) in [6.07, 6.45) is 0. The molecule has 0 atom stereocenters. The first-order chi connectivity index (χ1) is 6.50. The Labute approximate surface area is 99.6 Å². The third-order valence-electron chi connectivity index (χ3n) is 1.47. The molecule has 4 nitrogen and oxygen atoms in total. The molecule has 0 saturated carbocycles. The summed E-state index contributed by atoms with van der Waals surface area (Å²) < 4.78 is 0.636. The summed E-state index contributed by atoms with van der Waals surface area (Å²) in [7, 11) is 0. The molecule has 0 aliphatic carbocycles. The number of thiocarbonyl (C=S) groups is 1. The second kappa shape index (κ2) is 4.56. The van der Waals surface area contributed by atoms with Gasteiger partial charge in [-0.2, -0.15) is 0 Å². The number of anilines is 1. The maximum absolute atomic E-state index is 10.7. The zero-order chi connectivity index (χ0) is 10.7. The Balaban J connectivity index is 3.00. The second-order valence-corrected chi connectivity index (χ2v) is 4.09. The molecule has 0 radical (unpaired) electrons. The van der Waals surface area contributed by atoms with Crippen molar-refractivity contribution in [1.82, 2.24) is 0 Å². The Hall–Kier alpha value is -0.890. The van der Waals surface area contributed by atoms with E-state index in [9.17, 15) is 4.79 Å². The number of carboxylic acids is 1. The number of rotatable bonds is 2. The van der Waals surface area contributed by atoms with Crippen LogP contribution in [0.4, 0.5) is 5.69 Å². The minimum Gasteiger partial charge on any atom is -0.478 e. The van der Waals surface area contributed by atoms with Crippen LogP contribution in [0.15, 0.2) is 18.2 Å². The van der Waals surface area contributed by atoms with Gasteiger partial charge in [-0.05, 0) is 53.0 Å². The highest BCUT2D eigenvalue weighted by Crippen LogP contribution is 2.17. The first-order valence-electron chi connectivity index (χ1n) is 3.60. The largest absolute Gasteiger partial charge is 0.478 e. The molecule has 14 heavy (non-hydrogen) atoms. The number of carbonyl (C=O) groups is 1. The molecule has 0 aliphatic rings. The predicted molar refractivity (Wildman–Crippen MR) is 66.5 cm³/mol. The number of halogens is 1. The molecule has 0 aliphatic heterocycles. The van der Waals surface area contributed by atoms with E-state index in [-0.39, 0.29) is 10.7 Å². The van der Waals surface area contributed by atoms with Crippen molar-refractivity contribution >= 4 is 51.6 Å². The maximum atomic E-state index is 10.7. The lowest BCUT2D eigenvalue weighted by Gasteiger charge is -2.05. The van der Waals surface area contributed by atoms with E-state index in [2.05, 4.69) is 17.5 Å². The molecule has 0 bridgehead atoms. The molecule has 0 heterocycles. The monoisotopic (exact) mass is 322 g/mol. The van der Waals surface area contributed by atoms with Gasteiger partial charge in [0, 0.05) is 9.26 Å². The van der Waals surface area contributed by atoms with Crippen molar-refractivity contribution in [1.29, 1.82) is 0 Å². The van der Waals surface area contributed by atoms with Crippen molar-refractivity contribution in [3.8, 4) is 0 Å². The van der Waals surface area contributed by atoms with Gasteiger partial charge in [-0.25, -0.2) is 4.79 Å². The van der Waals surface area contributed by atoms with Crippen molar-refractivity contribution in [3.63, 3.8) is 0 Å². The highest BCUT2D eigenvalue weighted by atomic mass is 127. The molecule has 1 rings (SSSR count). The Kier molecular flexibility index (Phi) is 3.64. The maximum Gasteiger partial charge on any atom is 0.336 e. The second-order valence-electron chi connectivity index (χ2n) is 2.49. The van der Waals surface area contributed by atoms with Crippen LogP contribution in [0.1, 0.15) is 10.4 Å². The average molecular weight is 322 g/mol. The zero-order valence-electron chi connectivity index (χ0n) is 6.95. The fourth-order valence-electron chi connectivity index (χ4n) is 0.909. The van der Waals surface area contributed by atoms with Crippen molar-refractivity contribution < 1.29 is 9.90 Å². The van der Waals surface area contributed by atoms with E-state index in [1.54, 1.807) is 12.1 Å². The van der Waals surface area contributed by atoms with Crippen LogP contribution in [-0.4, -0.2) is 16.2 Å². The summed E-state index contributed by atoms with van der Waals surface area (Å²) in [6.45, 7) is 0. The summed E-state index contributed by atoms with van der Waals surface area (Å²) in [6, 6.07) is 4.79. The average Bonchev–Trinajstić information content (AvgIpc) is 2.01. The smallest absolute Gasteiger partial charge is 0.336 e. The van der Waals surface area contributed by atoms with Crippen LogP contribution in [0.2, 0.25) is 0 Å². The number of nitrogens with two attached hydrogens (primary N) is 1. The van der Waals surface area contributed by atoms with Gasteiger partial charge >= 0.3 is 5.97 Å². The summed E-state index contributed by atoms with van der Waals surface area (Å²) >= 11 is 6.60. The molecule has 1 aromatic rings. The van der Waals surface area contributed by atoms with E-state index in [0.717, 1.165) is 0 Å². The number of benzene rings is 1. The number of carboxylic acid groups (broad SMARTS) is 1. The lowest BCUT2D eigenvalue weighted by Crippen LogP contribution is -2.19. The number of hydrogen-bond donors (Lipinski definition) is 3. The fourth-order valence-corrected chi connectivity index (χ4v) is 1.77. The number of nitrogens with one attached hydrogen (secondary N) is 1. The van der Waals surface area contributed by atoms with Crippen LogP contribution in [-0.2, 0) is 0 Å².